The molecule has 1 N–H and O–H groups in total. The van der Waals surface area contributed by atoms with E-state index in [9.17, 15) is 4.79 Å². The number of aromatic nitrogens is 2. The molecule has 1 unspecified atom stereocenters. The third-order valence-electron chi connectivity index (χ3n) is 5.24. The standard InChI is InChI=1S/C24H27N3O/c1-14(2)10-20-21-22(18-8-6-15(3)7-9-18)25-24(28)23(21)27(26-20)19-12-16(4)11-17(5)13-19/h6-9,11-14,22H,10H2,1-5H3,(H,25,28). The number of aryl methyl sites for hydroxylation is 3. The lowest BCUT2D eigenvalue weighted by Gasteiger charge is -2.14. The lowest BCUT2D eigenvalue weighted by Crippen LogP contribution is -2.23. The topological polar surface area (TPSA) is 46.9 Å². The Morgan fingerprint density at radius 2 is 1.64 bits per heavy atom. The van der Waals surface area contributed by atoms with Crippen molar-refractivity contribution < 1.29 is 4.79 Å². The highest BCUT2D eigenvalue weighted by Gasteiger charge is 2.37. The van der Waals surface area contributed by atoms with Gasteiger partial charge < -0.3 is 5.32 Å². The van der Waals surface area contributed by atoms with Gasteiger partial charge in [-0.2, -0.15) is 5.10 Å². The van der Waals surface area contributed by atoms with Crippen molar-refractivity contribution >= 4 is 5.91 Å². The number of hydrogen-bond acceptors (Lipinski definition) is 2. The Morgan fingerprint density at radius 1 is 1.00 bits per heavy atom. The zero-order chi connectivity index (χ0) is 20.0. The van der Waals surface area contributed by atoms with Crippen molar-refractivity contribution in [1.29, 1.82) is 0 Å². The number of carbonyl (C=O) groups is 1. The summed E-state index contributed by atoms with van der Waals surface area (Å²) in [6.07, 6.45) is 0.845. The fourth-order valence-corrected chi connectivity index (χ4v) is 4.07. The van der Waals surface area contributed by atoms with Crippen LogP contribution < -0.4 is 5.32 Å². The van der Waals surface area contributed by atoms with E-state index in [1.54, 1.807) is 0 Å². The predicted octanol–water partition coefficient (Wildman–Crippen LogP) is 4.83. The van der Waals surface area contributed by atoms with Gasteiger partial charge in [-0.25, -0.2) is 4.68 Å². The molecule has 4 nitrogen and oxygen atoms in total. The molecule has 1 aliphatic rings. The number of carbonyl (C=O) groups excluding carboxylic acids is 1. The zero-order valence-electron chi connectivity index (χ0n) is 17.2. The Hall–Kier alpha value is -2.88. The van der Waals surface area contributed by atoms with Crippen molar-refractivity contribution in [3.63, 3.8) is 0 Å². The van der Waals surface area contributed by atoms with E-state index in [1.807, 2.05) is 4.68 Å². The number of nitrogens with one attached hydrogen (secondary N) is 1. The van der Waals surface area contributed by atoms with Gasteiger partial charge in [-0.15, -0.1) is 0 Å². The smallest absolute Gasteiger partial charge is 0.271 e. The molecule has 0 fully saturated rings. The van der Waals surface area contributed by atoms with E-state index >= 15 is 0 Å². The maximum Gasteiger partial charge on any atom is 0.271 e. The molecular formula is C24H27N3O. The molecule has 3 aromatic rings. The van der Waals surface area contributed by atoms with Crippen LogP contribution in [-0.2, 0) is 6.42 Å². The lowest BCUT2D eigenvalue weighted by atomic mass is 9.95. The molecule has 0 spiro atoms. The van der Waals surface area contributed by atoms with E-state index < -0.39 is 0 Å². The Bertz CT molecular complexity index is 1020. The summed E-state index contributed by atoms with van der Waals surface area (Å²) in [7, 11) is 0. The van der Waals surface area contributed by atoms with E-state index in [1.165, 1.54) is 5.56 Å². The van der Waals surface area contributed by atoms with Crippen LogP contribution in [0, 0.1) is 26.7 Å². The number of fused-ring (bicyclic) bond motifs is 1. The van der Waals surface area contributed by atoms with Crippen molar-refractivity contribution in [2.45, 2.75) is 47.1 Å². The van der Waals surface area contributed by atoms with Crippen molar-refractivity contribution in [3.8, 4) is 5.69 Å². The SMILES string of the molecule is Cc1ccc(C2NC(=O)c3c2c(CC(C)C)nn3-c2cc(C)cc(C)c2)cc1. The summed E-state index contributed by atoms with van der Waals surface area (Å²) in [5.74, 6) is 0.406. The van der Waals surface area contributed by atoms with Gasteiger partial charge in [0.2, 0.25) is 0 Å². The normalized spacial score (nSPS) is 15.8. The monoisotopic (exact) mass is 373 g/mol. The molecule has 1 amide bonds. The summed E-state index contributed by atoms with van der Waals surface area (Å²) in [5, 5.41) is 8.11. The minimum atomic E-state index is -0.142. The first kappa shape index (κ1) is 18.5. The Morgan fingerprint density at radius 3 is 2.25 bits per heavy atom. The van der Waals surface area contributed by atoms with Gasteiger partial charge in [0.15, 0.2) is 0 Å². The second-order valence-electron chi connectivity index (χ2n) is 8.38. The van der Waals surface area contributed by atoms with Crippen LogP contribution >= 0.6 is 0 Å². The maximum absolute atomic E-state index is 13.0. The van der Waals surface area contributed by atoms with Gasteiger partial charge in [-0.1, -0.05) is 49.7 Å². The van der Waals surface area contributed by atoms with Gasteiger partial charge in [-0.3, -0.25) is 4.79 Å². The molecule has 28 heavy (non-hydrogen) atoms. The highest BCUT2D eigenvalue weighted by Crippen LogP contribution is 2.36. The summed E-state index contributed by atoms with van der Waals surface area (Å²) >= 11 is 0. The van der Waals surface area contributed by atoms with Crippen molar-refractivity contribution in [2.75, 3.05) is 0 Å². The molecule has 2 heterocycles. The first-order valence-corrected chi connectivity index (χ1v) is 9.91. The van der Waals surface area contributed by atoms with Crippen LogP contribution in [0.2, 0.25) is 0 Å². The second-order valence-corrected chi connectivity index (χ2v) is 8.38. The first-order valence-electron chi connectivity index (χ1n) is 9.91. The van der Waals surface area contributed by atoms with Crippen molar-refractivity contribution in [2.24, 2.45) is 5.92 Å². The van der Waals surface area contributed by atoms with Crippen LogP contribution in [0.1, 0.15) is 63.9 Å². The highest BCUT2D eigenvalue weighted by atomic mass is 16.2. The third-order valence-corrected chi connectivity index (χ3v) is 5.24. The fourth-order valence-electron chi connectivity index (χ4n) is 4.07. The lowest BCUT2D eigenvalue weighted by molar-refractivity contribution is 0.0953. The summed E-state index contributed by atoms with van der Waals surface area (Å²) in [4.78, 5) is 13.0. The quantitative estimate of drug-likeness (QED) is 0.712. The largest absolute Gasteiger partial charge is 0.340 e. The number of benzene rings is 2. The molecule has 1 aromatic heterocycles. The number of hydrogen-bond donors (Lipinski definition) is 1. The van der Waals surface area contributed by atoms with Gasteiger partial charge in [0.25, 0.3) is 5.91 Å². The molecule has 2 aromatic carbocycles. The van der Waals surface area contributed by atoms with Crippen LogP contribution in [0.4, 0.5) is 0 Å². The minimum Gasteiger partial charge on any atom is -0.340 e. The predicted molar refractivity (Wildman–Crippen MR) is 112 cm³/mol. The van der Waals surface area contributed by atoms with Crippen LogP contribution in [0.25, 0.3) is 5.69 Å². The number of rotatable bonds is 4. The van der Waals surface area contributed by atoms with Gasteiger partial charge in [0, 0.05) is 5.56 Å². The van der Waals surface area contributed by atoms with Crippen LogP contribution in [0.3, 0.4) is 0 Å². The molecule has 0 aliphatic carbocycles. The average molecular weight is 374 g/mol. The zero-order valence-corrected chi connectivity index (χ0v) is 17.2. The van der Waals surface area contributed by atoms with Crippen molar-refractivity contribution in [3.05, 3.63) is 81.7 Å². The molecular weight excluding hydrogens is 346 g/mol. The molecule has 0 radical (unpaired) electrons. The van der Waals surface area contributed by atoms with Crippen LogP contribution in [-0.4, -0.2) is 15.7 Å². The second kappa shape index (κ2) is 6.93. The molecule has 4 heteroatoms. The molecule has 4 rings (SSSR count). The van der Waals surface area contributed by atoms with Gasteiger partial charge >= 0.3 is 0 Å². The fraction of sp³-hybridized carbons (Fsp3) is 0.333. The van der Waals surface area contributed by atoms with E-state index in [2.05, 4.69) is 82.4 Å². The van der Waals surface area contributed by atoms with Gasteiger partial charge in [0.1, 0.15) is 5.69 Å². The molecule has 0 saturated heterocycles. The molecule has 144 valence electrons. The van der Waals surface area contributed by atoms with E-state index in [0.717, 1.165) is 40.1 Å². The van der Waals surface area contributed by atoms with Crippen LogP contribution in [0.5, 0.6) is 0 Å². The number of amides is 1. The van der Waals surface area contributed by atoms with Gasteiger partial charge in [-0.05, 0) is 61.9 Å². The van der Waals surface area contributed by atoms with Crippen molar-refractivity contribution in [1.82, 2.24) is 15.1 Å². The Labute approximate surface area is 166 Å². The third kappa shape index (κ3) is 3.24. The average Bonchev–Trinajstić information content (AvgIpc) is 3.14. The maximum atomic E-state index is 13.0. The number of nitrogens with zero attached hydrogens (tertiary/aromatic N) is 2. The highest BCUT2D eigenvalue weighted by molar-refractivity contribution is 5.99. The molecule has 0 saturated carbocycles. The molecule has 0 bridgehead atoms. The summed E-state index contributed by atoms with van der Waals surface area (Å²) in [6.45, 7) is 10.6. The Balaban J connectivity index is 1.91. The summed E-state index contributed by atoms with van der Waals surface area (Å²) in [6, 6.07) is 14.6. The van der Waals surface area contributed by atoms with Crippen LogP contribution in [0.15, 0.2) is 42.5 Å². The van der Waals surface area contributed by atoms with Gasteiger partial charge in [0.05, 0.1) is 17.4 Å². The van der Waals surface area contributed by atoms with E-state index in [-0.39, 0.29) is 11.9 Å². The summed E-state index contributed by atoms with van der Waals surface area (Å²) < 4.78 is 1.84. The van der Waals surface area contributed by atoms with E-state index in [0.29, 0.717) is 11.6 Å². The Kier molecular flexibility index (Phi) is 4.58. The molecule has 1 aliphatic heterocycles. The molecule has 1 atom stereocenters. The first-order chi connectivity index (χ1) is 13.3. The summed E-state index contributed by atoms with van der Waals surface area (Å²) in [5.41, 5.74) is 8.30. The van der Waals surface area contributed by atoms with E-state index in [4.69, 9.17) is 5.10 Å². The minimum absolute atomic E-state index is 0.0535.